The minimum absolute atomic E-state index is 0.0454. The number of carbonyl (C=O) groups excluding carboxylic acids is 1. The second-order valence-electron chi connectivity index (χ2n) is 6.23. The molecule has 7 nitrogen and oxygen atoms in total. The molecule has 2 fully saturated rings. The lowest BCUT2D eigenvalue weighted by atomic mass is 9.79. The molecular formula is C16H19N5O2. The molecule has 7 heteroatoms. The Bertz CT molecular complexity index is 696. The van der Waals surface area contributed by atoms with E-state index in [1.165, 1.54) is 6.42 Å². The molecule has 1 spiro atoms. The van der Waals surface area contributed by atoms with Gasteiger partial charge in [0.15, 0.2) is 5.82 Å². The number of amides is 1. The summed E-state index contributed by atoms with van der Waals surface area (Å²) in [6.45, 7) is 2.11. The SMILES string of the molecule is O=C(Cn1nnnc1-c1ccccc1)N1CCOC2(CCC2)C1. The third kappa shape index (κ3) is 2.72. The van der Waals surface area contributed by atoms with Crippen LogP contribution in [-0.4, -0.2) is 56.3 Å². The fourth-order valence-corrected chi connectivity index (χ4v) is 3.26. The lowest BCUT2D eigenvalue weighted by molar-refractivity contribution is -0.168. The molecule has 1 aromatic carbocycles. The van der Waals surface area contributed by atoms with Gasteiger partial charge in [-0.15, -0.1) is 5.10 Å². The van der Waals surface area contributed by atoms with E-state index in [4.69, 9.17) is 4.74 Å². The topological polar surface area (TPSA) is 73.1 Å². The van der Waals surface area contributed by atoms with Crippen LogP contribution >= 0.6 is 0 Å². The fraction of sp³-hybridized carbons (Fsp3) is 0.500. The molecule has 0 bridgehead atoms. The normalized spacial score (nSPS) is 19.6. The Labute approximate surface area is 134 Å². The van der Waals surface area contributed by atoms with E-state index in [9.17, 15) is 4.79 Å². The Kier molecular flexibility index (Phi) is 3.57. The smallest absolute Gasteiger partial charge is 0.244 e. The summed E-state index contributed by atoms with van der Waals surface area (Å²) in [5.41, 5.74) is 0.819. The van der Waals surface area contributed by atoms with Crippen molar-refractivity contribution in [3.05, 3.63) is 30.3 Å². The van der Waals surface area contributed by atoms with Crippen LogP contribution in [0.4, 0.5) is 0 Å². The summed E-state index contributed by atoms with van der Waals surface area (Å²) in [5.74, 6) is 0.662. The van der Waals surface area contributed by atoms with Crippen LogP contribution in [0.25, 0.3) is 11.4 Å². The quantitative estimate of drug-likeness (QED) is 0.849. The second kappa shape index (κ2) is 5.73. The average Bonchev–Trinajstić information content (AvgIpc) is 3.02. The van der Waals surface area contributed by atoms with Crippen molar-refractivity contribution < 1.29 is 9.53 Å². The fourth-order valence-electron chi connectivity index (χ4n) is 3.26. The predicted molar refractivity (Wildman–Crippen MR) is 82.4 cm³/mol. The van der Waals surface area contributed by atoms with Crippen LogP contribution in [0.3, 0.4) is 0 Å². The summed E-state index contributed by atoms with van der Waals surface area (Å²) in [5, 5.41) is 11.7. The summed E-state index contributed by atoms with van der Waals surface area (Å²) >= 11 is 0. The van der Waals surface area contributed by atoms with Crippen molar-refractivity contribution in [1.82, 2.24) is 25.1 Å². The largest absolute Gasteiger partial charge is 0.371 e. The van der Waals surface area contributed by atoms with E-state index in [-0.39, 0.29) is 18.1 Å². The highest BCUT2D eigenvalue weighted by Crippen LogP contribution is 2.38. The van der Waals surface area contributed by atoms with E-state index in [0.717, 1.165) is 18.4 Å². The van der Waals surface area contributed by atoms with Crippen molar-refractivity contribution in [1.29, 1.82) is 0 Å². The zero-order chi connectivity index (χ0) is 15.7. The number of rotatable bonds is 3. The number of tetrazole rings is 1. The van der Waals surface area contributed by atoms with Crippen molar-refractivity contribution in [3.63, 3.8) is 0 Å². The molecule has 1 saturated heterocycles. The van der Waals surface area contributed by atoms with Crippen LogP contribution in [0.1, 0.15) is 19.3 Å². The van der Waals surface area contributed by atoms with E-state index >= 15 is 0 Å². The first-order valence-electron chi connectivity index (χ1n) is 7.99. The molecule has 0 unspecified atom stereocenters. The first-order valence-corrected chi connectivity index (χ1v) is 7.99. The number of morpholine rings is 1. The molecule has 1 aromatic heterocycles. The number of hydrogen-bond donors (Lipinski definition) is 0. The van der Waals surface area contributed by atoms with Gasteiger partial charge < -0.3 is 9.64 Å². The third-order valence-electron chi connectivity index (χ3n) is 4.71. The van der Waals surface area contributed by atoms with Gasteiger partial charge in [0.2, 0.25) is 5.91 Å². The van der Waals surface area contributed by atoms with E-state index in [1.807, 2.05) is 35.2 Å². The number of hydrogen-bond acceptors (Lipinski definition) is 5. The molecule has 120 valence electrons. The minimum atomic E-state index is -0.0865. The maximum Gasteiger partial charge on any atom is 0.244 e. The molecule has 1 amide bonds. The van der Waals surface area contributed by atoms with E-state index < -0.39 is 0 Å². The van der Waals surface area contributed by atoms with Crippen LogP contribution in [0.2, 0.25) is 0 Å². The Morgan fingerprint density at radius 1 is 1.26 bits per heavy atom. The van der Waals surface area contributed by atoms with Crippen LogP contribution in [0.15, 0.2) is 30.3 Å². The molecule has 2 heterocycles. The molecule has 4 rings (SSSR count). The van der Waals surface area contributed by atoms with Gasteiger partial charge in [0, 0.05) is 18.7 Å². The summed E-state index contributed by atoms with van der Waals surface area (Å²) in [6, 6.07) is 9.67. The molecule has 23 heavy (non-hydrogen) atoms. The Morgan fingerprint density at radius 3 is 2.83 bits per heavy atom. The predicted octanol–water partition coefficient (Wildman–Crippen LogP) is 1.12. The second-order valence-corrected chi connectivity index (χ2v) is 6.23. The number of benzene rings is 1. The number of carbonyl (C=O) groups is 1. The summed E-state index contributed by atoms with van der Waals surface area (Å²) < 4.78 is 7.44. The van der Waals surface area contributed by atoms with Crippen molar-refractivity contribution >= 4 is 5.91 Å². The van der Waals surface area contributed by atoms with Gasteiger partial charge in [0.25, 0.3) is 0 Å². The zero-order valence-corrected chi connectivity index (χ0v) is 12.9. The van der Waals surface area contributed by atoms with Gasteiger partial charge in [-0.05, 0) is 29.7 Å². The van der Waals surface area contributed by atoms with Gasteiger partial charge in [-0.3, -0.25) is 4.79 Å². The molecule has 1 aliphatic carbocycles. The zero-order valence-electron chi connectivity index (χ0n) is 12.9. The third-order valence-corrected chi connectivity index (χ3v) is 4.71. The van der Waals surface area contributed by atoms with E-state index in [2.05, 4.69) is 15.5 Å². The Balaban J connectivity index is 1.48. The Hall–Kier alpha value is -2.28. The van der Waals surface area contributed by atoms with Crippen molar-refractivity contribution in [2.75, 3.05) is 19.7 Å². The van der Waals surface area contributed by atoms with Gasteiger partial charge in [-0.2, -0.15) is 0 Å². The summed E-state index contributed by atoms with van der Waals surface area (Å²) in [4.78, 5) is 14.5. The molecule has 1 aliphatic heterocycles. The number of nitrogens with zero attached hydrogens (tertiary/aromatic N) is 5. The van der Waals surface area contributed by atoms with Crippen LogP contribution in [-0.2, 0) is 16.1 Å². The first-order chi connectivity index (χ1) is 11.3. The highest BCUT2D eigenvalue weighted by Gasteiger charge is 2.43. The van der Waals surface area contributed by atoms with Crippen molar-refractivity contribution in [2.24, 2.45) is 0 Å². The molecular weight excluding hydrogens is 294 g/mol. The lowest BCUT2D eigenvalue weighted by Gasteiger charge is -2.48. The summed E-state index contributed by atoms with van der Waals surface area (Å²) in [7, 11) is 0. The van der Waals surface area contributed by atoms with Gasteiger partial charge >= 0.3 is 0 Å². The van der Waals surface area contributed by atoms with Crippen LogP contribution < -0.4 is 0 Å². The number of ether oxygens (including phenoxy) is 1. The van der Waals surface area contributed by atoms with Gasteiger partial charge in [-0.25, -0.2) is 4.68 Å². The molecule has 0 atom stereocenters. The first kappa shape index (κ1) is 14.3. The molecule has 2 aromatic rings. The summed E-state index contributed by atoms with van der Waals surface area (Å²) in [6.07, 6.45) is 3.29. The lowest BCUT2D eigenvalue weighted by Crippen LogP contribution is -2.57. The Morgan fingerprint density at radius 2 is 2.09 bits per heavy atom. The van der Waals surface area contributed by atoms with E-state index in [1.54, 1.807) is 4.68 Å². The van der Waals surface area contributed by atoms with E-state index in [0.29, 0.717) is 25.5 Å². The molecule has 0 N–H and O–H groups in total. The molecule has 0 radical (unpaired) electrons. The molecule has 2 aliphatic rings. The standard InChI is InChI=1S/C16H19N5O2/c22-14(20-9-10-23-16(12-20)7-4-8-16)11-21-15(17-18-19-21)13-5-2-1-3-6-13/h1-3,5-6H,4,7-12H2. The highest BCUT2D eigenvalue weighted by atomic mass is 16.5. The van der Waals surface area contributed by atoms with Crippen LogP contribution in [0.5, 0.6) is 0 Å². The van der Waals surface area contributed by atoms with Crippen LogP contribution in [0, 0.1) is 0 Å². The maximum atomic E-state index is 12.6. The van der Waals surface area contributed by atoms with Gasteiger partial charge in [0.1, 0.15) is 6.54 Å². The monoisotopic (exact) mass is 313 g/mol. The minimum Gasteiger partial charge on any atom is -0.371 e. The van der Waals surface area contributed by atoms with Crippen molar-refractivity contribution in [2.45, 2.75) is 31.4 Å². The highest BCUT2D eigenvalue weighted by molar-refractivity contribution is 5.76. The van der Waals surface area contributed by atoms with Gasteiger partial charge in [-0.1, -0.05) is 30.3 Å². The average molecular weight is 313 g/mol. The molecule has 1 saturated carbocycles. The maximum absolute atomic E-state index is 12.6. The number of aromatic nitrogens is 4. The van der Waals surface area contributed by atoms with Crippen molar-refractivity contribution in [3.8, 4) is 11.4 Å². The van der Waals surface area contributed by atoms with Gasteiger partial charge in [0.05, 0.1) is 12.2 Å².